The lowest BCUT2D eigenvalue weighted by atomic mass is 10.2. The SMILES string of the molecule is CNCc1ccccc1NS(=O)(=O)c1ccccc1OC. The van der Waals surface area contributed by atoms with E-state index in [1.54, 1.807) is 30.3 Å². The summed E-state index contributed by atoms with van der Waals surface area (Å²) in [5.41, 5.74) is 1.43. The van der Waals surface area contributed by atoms with Crippen molar-refractivity contribution in [3.8, 4) is 5.75 Å². The van der Waals surface area contributed by atoms with Gasteiger partial charge in [-0.2, -0.15) is 0 Å². The third-order valence-electron chi connectivity index (χ3n) is 2.99. The van der Waals surface area contributed by atoms with E-state index in [-0.39, 0.29) is 4.90 Å². The molecule has 2 aromatic rings. The fourth-order valence-electron chi connectivity index (χ4n) is 2.01. The molecule has 6 heteroatoms. The van der Waals surface area contributed by atoms with Crippen LogP contribution in [0.2, 0.25) is 0 Å². The summed E-state index contributed by atoms with van der Waals surface area (Å²) in [6.07, 6.45) is 0. The first-order valence-corrected chi connectivity index (χ1v) is 7.95. The Morgan fingerprint density at radius 1 is 1.05 bits per heavy atom. The molecule has 112 valence electrons. The predicted octanol–water partition coefficient (Wildman–Crippen LogP) is 2.22. The zero-order chi connectivity index (χ0) is 15.3. The van der Waals surface area contributed by atoms with Gasteiger partial charge in [0.1, 0.15) is 10.6 Å². The lowest BCUT2D eigenvalue weighted by Crippen LogP contribution is -2.16. The molecule has 0 bridgehead atoms. The Balaban J connectivity index is 2.38. The third-order valence-corrected chi connectivity index (χ3v) is 4.39. The van der Waals surface area contributed by atoms with Crippen LogP contribution in [0.5, 0.6) is 5.75 Å². The largest absolute Gasteiger partial charge is 0.495 e. The molecule has 2 N–H and O–H groups in total. The molecule has 0 aromatic heterocycles. The van der Waals surface area contributed by atoms with Gasteiger partial charge in [0.05, 0.1) is 12.8 Å². The molecule has 0 saturated carbocycles. The minimum Gasteiger partial charge on any atom is -0.495 e. The van der Waals surface area contributed by atoms with Crippen molar-refractivity contribution in [2.45, 2.75) is 11.4 Å². The number of rotatable bonds is 6. The second-order valence-corrected chi connectivity index (χ2v) is 6.09. The topological polar surface area (TPSA) is 67.4 Å². The van der Waals surface area contributed by atoms with Gasteiger partial charge in [0.25, 0.3) is 10.0 Å². The van der Waals surface area contributed by atoms with Crippen LogP contribution in [0, 0.1) is 0 Å². The lowest BCUT2D eigenvalue weighted by Gasteiger charge is -2.14. The Labute approximate surface area is 125 Å². The number of ether oxygens (including phenoxy) is 1. The van der Waals surface area contributed by atoms with Crippen molar-refractivity contribution >= 4 is 15.7 Å². The minimum absolute atomic E-state index is 0.117. The Hall–Kier alpha value is -2.05. The zero-order valence-corrected chi connectivity index (χ0v) is 12.8. The van der Waals surface area contributed by atoms with Gasteiger partial charge < -0.3 is 10.1 Å². The number of benzene rings is 2. The van der Waals surface area contributed by atoms with E-state index >= 15 is 0 Å². The highest BCUT2D eigenvalue weighted by atomic mass is 32.2. The molecule has 0 aliphatic rings. The number of anilines is 1. The van der Waals surface area contributed by atoms with Crippen molar-refractivity contribution in [1.29, 1.82) is 0 Å². The van der Waals surface area contributed by atoms with Gasteiger partial charge in [-0.3, -0.25) is 4.72 Å². The van der Waals surface area contributed by atoms with Crippen LogP contribution in [0.25, 0.3) is 0 Å². The molecule has 0 heterocycles. The maximum absolute atomic E-state index is 12.5. The number of nitrogens with one attached hydrogen (secondary N) is 2. The summed E-state index contributed by atoms with van der Waals surface area (Å²) in [4.78, 5) is 0.117. The zero-order valence-electron chi connectivity index (χ0n) is 12.0. The third kappa shape index (κ3) is 3.53. The Bertz CT molecular complexity index is 714. The van der Waals surface area contributed by atoms with E-state index in [1.165, 1.54) is 13.2 Å². The van der Waals surface area contributed by atoms with E-state index in [2.05, 4.69) is 10.0 Å². The molecule has 0 aliphatic carbocycles. The molecule has 0 atom stereocenters. The van der Waals surface area contributed by atoms with E-state index in [0.29, 0.717) is 18.0 Å². The Morgan fingerprint density at radius 2 is 1.71 bits per heavy atom. The number of para-hydroxylation sites is 2. The summed E-state index contributed by atoms with van der Waals surface area (Å²) in [7, 11) is -0.441. The van der Waals surface area contributed by atoms with Crippen LogP contribution < -0.4 is 14.8 Å². The highest BCUT2D eigenvalue weighted by Gasteiger charge is 2.19. The predicted molar refractivity (Wildman–Crippen MR) is 83.0 cm³/mol. The first-order valence-electron chi connectivity index (χ1n) is 6.47. The molecule has 0 aliphatic heterocycles. The van der Waals surface area contributed by atoms with Crippen LogP contribution in [-0.4, -0.2) is 22.6 Å². The van der Waals surface area contributed by atoms with Gasteiger partial charge in [0, 0.05) is 6.54 Å². The quantitative estimate of drug-likeness (QED) is 0.858. The summed E-state index contributed by atoms with van der Waals surface area (Å²) in [5.74, 6) is 0.316. The van der Waals surface area contributed by atoms with Crippen molar-refractivity contribution in [3.05, 3.63) is 54.1 Å². The molecule has 5 nitrogen and oxygen atoms in total. The average Bonchev–Trinajstić information content (AvgIpc) is 2.49. The summed E-state index contributed by atoms with van der Waals surface area (Å²) < 4.78 is 32.8. The van der Waals surface area contributed by atoms with Crippen molar-refractivity contribution in [3.63, 3.8) is 0 Å². The van der Waals surface area contributed by atoms with Gasteiger partial charge in [0.2, 0.25) is 0 Å². The second-order valence-electron chi connectivity index (χ2n) is 4.44. The van der Waals surface area contributed by atoms with Crippen LogP contribution in [0.1, 0.15) is 5.56 Å². The second kappa shape index (κ2) is 6.60. The van der Waals surface area contributed by atoms with Crippen LogP contribution >= 0.6 is 0 Å². The molecule has 0 spiro atoms. The maximum Gasteiger partial charge on any atom is 0.265 e. The average molecular weight is 306 g/mol. The molecular formula is C15H18N2O3S. The van der Waals surface area contributed by atoms with Crippen LogP contribution in [-0.2, 0) is 16.6 Å². The number of methoxy groups -OCH3 is 1. The summed E-state index contributed by atoms with van der Waals surface area (Å²) in [5, 5.41) is 3.01. The van der Waals surface area contributed by atoms with Crippen molar-refractivity contribution in [1.82, 2.24) is 5.32 Å². The highest BCUT2D eigenvalue weighted by molar-refractivity contribution is 7.92. The molecule has 2 aromatic carbocycles. The Morgan fingerprint density at radius 3 is 2.43 bits per heavy atom. The van der Waals surface area contributed by atoms with E-state index < -0.39 is 10.0 Å². The van der Waals surface area contributed by atoms with Crippen molar-refractivity contribution in [2.24, 2.45) is 0 Å². The summed E-state index contributed by atoms with van der Waals surface area (Å²) in [6, 6.07) is 13.8. The maximum atomic E-state index is 12.5. The lowest BCUT2D eigenvalue weighted by molar-refractivity contribution is 0.403. The molecule has 0 amide bonds. The monoisotopic (exact) mass is 306 g/mol. The summed E-state index contributed by atoms with van der Waals surface area (Å²) in [6.45, 7) is 0.574. The van der Waals surface area contributed by atoms with Gasteiger partial charge in [-0.15, -0.1) is 0 Å². The first kappa shape index (κ1) is 15.3. The van der Waals surface area contributed by atoms with E-state index in [9.17, 15) is 8.42 Å². The van der Waals surface area contributed by atoms with E-state index in [4.69, 9.17) is 4.74 Å². The van der Waals surface area contributed by atoms with Gasteiger partial charge in [-0.05, 0) is 30.8 Å². The standard InChI is InChI=1S/C15H18N2O3S/c1-16-11-12-7-3-4-8-13(12)17-21(18,19)15-10-6-5-9-14(15)20-2/h3-10,16-17H,11H2,1-2H3. The fourth-order valence-corrected chi connectivity index (χ4v) is 3.28. The molecule has 21 heavy (non-hydrogen) atoms. The smallest absolute Gasteiger partial charge is 0.265 e. The van der Waals surface area contributed by atoms with Crippen LogP contribution in [0.15, 0.2) is 53.4 Å². The number of sulfonamides is 1. The molecule has 0 unspecified atom stereocenters. The van der Waals surface area contributed by atoms with Crippen LogP contribution in [0.4, 0.5) is 5.69 Å². The number of hydrogen-bond donors (Lipinski definition) is 2. The van der Waals surface area contributed by atoms with E-state index in [0.717, 1.165) is 5.56 Å². The van der Waals surface area contributed by atoms with Gasteiger partial charge >= 0.3 is 0 Å². The molecular weight excluding hydrogens is 288 g/mol. The van der Waals surface area contributed by atoms with Crippen molar-refractivity contribution < 1.29 is 13.2 Å². The van der Waals surface area contributed by atoms with E-state index in [1.807, 2.05) is 19.2 Å². The van der Waals surface area contributed by atoms with Crippen LogP contribution in [0.3, 0.4) is 0 Å². The Kier molecular flexibility index (Phi) is 4.82. The van der Waals surface area contributed by atoms with Gasteiger partial charge in [0.15, 0.2) is 0 Å². The van der Waals surface area contributed by atoms with Gasteiger partial charge in [-0.25, -0.2) is 8.42 Å². The molecule has 0 radical (unpaired) electrons. The molecule has 2 rings (SSSR count). The molecule has 0 fully saturated rings. The number of hydrogen-bond acceptors (Lipinski definition) is 4. The summed E-state index contributed by atoms with van der Waals surface area (Å²) >= 11 is 0. The van der Waals surface area contributed by atoms with Gasteiger partial charge in [-0.1, -0.05) is 30.3 Å². The normalized spacial score (nSPS) is 11.1. The van der Waals surface area contributed by atoms with Crippen molar-refractivity contribution in [2.75, 3.05) is 18.9 Å². The first-order chi connectivity index (χ1) is 10.1. The fraction of sp³-hybridized carbons (Fsp3) is 0.200. The highest BCUT2D eigenvalue weighted by Crippen LogP contribution is 2.26. The minimum atomic E-state index is -3.70. The molecule has 0 saturated heterocycles.